The van der Waals surface area contributed by atoms with Crippen molar-refractivity contribution in [2.24, 2.45) is 0 Å². The molecule has 1 aromatic carbocycles. The third-order valence-electron chi connectivity index (χ3n) is 3.06. The van der Waals surface area contributed by atoms with Crippen LogP contribution in [0.15, 0.2) is 12.1 Å². The standard InChI is InChI=1S/C14H17NO4/c1-4-5-15-11-6-10(8-16)7-12(18-3)13(11)19-9(2)14(15)17/h6-9H,4-5H2,1-3H3. The summed E-state index contributed by atoms with van der Waals surface area (Å²) < 4.78 is 10.9. The number of hydrogen-bond donors (Lipinski definition) is 0. The van der Waals surface area contributed by atoms with Gasteiger partial charge in [0.2, 0.25) is 0 Å². The summed E-state index contributed by atoms with van der Waals surface area (Å²) in [5.41, 5.74) is 1.06. The van der Waals surface area contributed by atoms with Crippen LogP contribution in [0.1, 0.15) is 30.6 Å². The van der Waals surface area contributed by atoms with Gasteiger partial charge in [-0.3, -0.25) is 9.59 Å². The van der Waals surface area contributed by atoms with Gasteiger partial charge in [-0.25, -0.2) is 0 Å². The molecule has 0 spiro atoms. The molecule has 5 heteroatoms. The first-order valence-electron chi connectivity index (χ1n) is 6.27. The zero-order valence-corrected chi connectivity index (χ0v) is 11.3. The molecule has 0 aliphatic carbocycles. The van der Waals surface area contributed by atoms with Crippen LogP contribution in [0.4, 0.5) is 5.69 Å². The van der Waals surface area contributed by atoms with Crippen molar-refractivity contribution in [2.45, 2.75) is 26.4 Å². The fourth-order valence-electron chi connectivity index (χ4n) is 2.17. The maximum atomic E-state index is 12.1. The Bertz CT molecular complexity index is 512. The van der Waals surface area contributed by atoms with E-state index in [-0.39, 0.29) is 5.91 Å². The molecule has 1 unspecified atom stereocenters. The van der Waals surface area contributed by atoms with Gasteiger partial charge in [-0.2, -0.15) is 0 Å². The first kappa shape index (κ1) is 13.4. The minimum absolute atomic E-state index is 0.0977. The van der Waals surface area contributed by atoms with Crippen molar-refractivity contribution in [1.82, 2.24) is 0 Å². The fourth-order valence-corrected chi connectivity index (χ4v) is 2.17. The van der Waals surface area contributed by atoms with Gasteiger partial charge in [-0.15, -0.1) is 0 Å². The molecular weight excluding hydrogens is 246 g/mol. The van der Waals surface area contributed by atoms with Gasteiger partial charge in [-0.1, -0.05) is 6.92 Å². The van der Waals surface area contributed by atoms with Crippen molar-refractivity contribution in [3.8, 4) is 11.5 Å². The summed E-state index contributed by atoms with van der Waals surface area (Å²) in [4.78, 5) is 24.8. The molecule has 0 radical (unpaired) electrons. The Labute approximate surface area is 112 Å². The molecule has 0 aromatic heterocycles. The molecule has 5 nitrogen and oxygen atoms in total. The second-order valence-corrected chi connectivity index (χ2v) is 4.44. The van der Waals surface area contributed by atoms with Crippen LogP contribution >= 0.6 is 0 Å². The average molecular weight is 263 g/mol. The van der Waals surface area contributed by atoms with E-state index in [1.807, 2.05) is 6.92 Å². The van der Waals surface area contributed by atoms with E-state index in [1.165, 1.54) is 7.11 Å². The van der Waals surface area contributed by atoms with Crippen LogP contribution in [0.5, 0.6) is 11.5 Å². The summed E-state index contributed by atoms with van der Waals surface area (Å²) in [6, 6.07) is 3.27. The van der Waals surface area contributed by atoms with Gasteiger partial charge in [-0.05, 0) is 25.5 Å². The number of amides is 1. The van der Waals surface area contributed by atoms with Gasteiger partial charge >= 0.3 is 0 Å². The summed E-state index contributed by atoms with van der Waals surface area (Å²) in [6.45, 7) is 4.29. The highest BCUT2D eigenvalue weighted by molar-refractivity contribution is 6.01. The van der Waals surface area contributed by atoms with Crippen LogP contribution in [-0.4, -0.2) is 32.0 Å². The van der Waals surface area contributed by atoms with Crippen LogP contribution in [-0.2, 0) is 4.79 Å². The highest BCUT2D eigenvalue weighted by Crippen LogP contribution is 2.42. The van der Waals surface area contributed by atoms with Gasteiger partial charge in [0, 0.05) is 12.1 Å². The zero-order chi connectivity index (χ0) is 14.0. The van der Waals surface area contributed by atoms with Gasteiger partial charge < -0.3 is 14.4 Å². The van der Waals surface area contributed by atoms with E-state index in [1.54, 1.807) is 24.0 Å². The quantitative estimate of drug-likeness (QED) is 0.780. The van der Waals surface area contributed by atoms with Gasteiger partial charge in [0.05, 0.1) is 12.8 Å². The molecule has 0 saturated heterocycles. The Balaban J connectivity index is 2.59. The number of benzene rings is 1. The predicted molar refractivity (Wildman–Crippen MR) is 71.1 cm³/mol. The molecule has 1 aliphatic heterocycles. The Kier molecular flexibility index (Phi) is 3.74. The molecule has 19 heavy (non-hydrogen) atoms. The predicted octanol–water partition coefficient (Wildman–Crippen LogP) is 2.03. The third kappa shape index (κ3) is 2.28. The SMILES string of the molecule is CCCN1C(=O)C(C)Oc2c(OC)cc(C=O)cc21. The van der Waals surface area contributed by atoms with Crippen molar-refractivity contribution >= 4 is 17.9 Å². The van der Waals surface area contributed by atoms with E-state index >= 15 is 0 Å². The third-order valence-corrected chi connectivity index (χ3v) is 3.06. The highest BCUT2D eigenvalue weighted by Gasteiger charge is 2.33. The normalized spacial score (nSPS) is 17.7. The maximum absolute atomic E-state index is 12.1. The summed E-state index contributed by atoms with van der Waals surface area (Å²) >= 11 is 0. The Morgan fingerprint density at radius 3 is 2.79 bits per heavy atom. The van der Waals surface area contributed by atoms with Crippen molar-refractivity contribution in [1.29, 1.82) is 0 Å². The first-order chi connectivity index (χ1) is 9.12. The van der Waals surface area contributed by atoms with Crippen LogP contribution < -0.4 is 14.4 Å². The fraction of sp³-hybridized carbons (Fsp3) is 0.429. The minimum Gasteiger partial charge on any atom is -0.493 e. The lowest BCUT2D eigenvalue weighted by Gasteiger charge is -2.33. The summed E-state index contributed by atoms with van der Waals surface area (Å²) in [5.74, 6) is 0.896. The molecule has 0 bridgehead atoms. The van der Waals surface area contributed by atoms with Crippen molar-refractivity contribution in [3.63, 3.8) is 0 Å². The molecule has 1 aromatic rings. The number of methoxy groups -OCH3 is 1. The van der Waals surface area contributed by atoms with Gasteiger partial charge in [0.1, 0.15) is 6.29 Å². The summed E-state index contributed by atoms with van der Waals surface area (Å²) in [5, 5.41) is 0. The number of aldehydes is 1. The van der Waals surface area contributed by atoms with E-state index in [0.717, 1.165) is 12.7 Å². The smallest absolute Gasteiger partial charge is 0.267 e. The zero-order valence-electron chi connectivity index (χ0n) is 11.3. The van der Waals surface area contributed by atoms with Gasteiger partial charge in [0.25, 0.3) is 5.91 Å². The number of hydrogen-bond acceptors (Lipinski definition) is 4. The van der Waals surface area contributed by atoms with E-state index in [0.29, 0.717) is 29.3 Å². The molecule has 1 amide bonds. The number of carbonyl (C=O) groups excluding carboxylic acids is 2. The van der Waals surface area contributed by atoms with Crippen molar-refractivity contribution < 1.29 is 19.1 Å². The molecule has 102 valence electrons. The lowest BCUT2D eigenvalue weighted by Crippen LogP contribution is -2.44. The number of nitrogens with zero attached hydrogens (tertiary/aromatic N) is 1. The lowest BCUT2D eigenvalue weighted by molar-refractivity contribution is -0.125. The van der Waals surface area contributed by atoms with E-state index < -0.39 is 6.10 Å². The van der Waals surface area contributed by atoms with Crippen LogP contribution in [0, 0.1) is 0 Å². The van der Waals surface area contributed by atoms with Gasteiger partial charge in [0.15, 0.2) is 17.6 Å². The van der Waals surface area contributed by atoms with Crippen LogP contribution in [0.2, 0.25) is 0 Å². The number of fused-ring (bicyclic) bond motifs is 1. The summed E-state index contributed by atoms with van der Waals surface area (Å²) in [6.07, 6.45) is 1.01. The number of rotatable bonds is 4. The van der Waals surface area contributed by atoms with E-state index in [2.05, 4.69) is 0 Å². The monoisotopic (exact) mass is 263 g/mol. The molecular formula is C14H17NO4. The first-order valence-corrected chi connectivity index (χ1v) is 6.27. The average Bonchev–Trinajstić information content (AvgIpc) is 2.43. The largest absolute Gasteiger partial charge is 0.493 e. The molecule has 1 heterocycles. The molecule has 2 rings (SSSR count). The molecule has 0 fully saturated rings. The molecule has 0 saturated carbocycles. The Morgan fingerprint density at radius 2 is 2.21 bits per heavy atom. The van der Waals surface area contributed by atoms with Crippen molar-refractivity contribution in [3.05, 3.63) is 17.7 Å². The minimum atomic E-state index is -0.546. The summed E-state index contributed by atoms with van der Waals surface area (Å²) in [7, 11) is 1.51. The lowest BCUT2D eigenvalue weighted by atomic mass is 10.1. The van der Waals surface area contributed by atoms with E-state index in [9.17, 15) is 9.59 Å². The number of ether oxygens (including phenoxy) is 2. The number of carbonyl (C=O) groups is 2. The Hall–Kier alpha value is -2.04. The van der Waals surface area contributed by atoms with Crippen LogP contribution in [0.25, 0.3) is 0 Å². The van der Waals surface area contributed by atoms with Crippen LogP contribution in [0.3, 0.4) is 0 Å². The molecule has 0 N–H and O–H groups in total. The topological polar surface area (TPSA) is 55.8 Å². The highest BCUT2D eigenvalue weighted by atomic mass is 16.5. The van der Waals surface area contributed by atoms with Crippen molar-refractivity contribution in [2.75, 3.05) is 18.6 Å². The second-order valence-electron chi connectivity index (χ2n) is 4.44. The second kappa shape index (κ2) is 5.30. The van der Waals surface area contributed by atoms with E-state index in [4.69, 9.17) is 9.47 Å². The maximum Gasteiger partial charge on any atom is 0.267 e. The molecule has 1 atom stereocenters. The molecule has 1 aliphatic rings. The number of anilines is 1. The Morgan fingerprint density at radius 1 is 1.47 bits per heavy atom.